The largest absolute Gasteiger partial charge is 0.594 e. The molecule has 5 heteroatoms. The summed E-state index contributed by atoms with van der Waals surface area (Å²) in [6, 6.07) is 0. The average Bonchev–Trinajstić information content (AvgIpc) is 1.31. The first kappa shape index (κ1) is 7.10. The third-order valence-electron chi connectivity index (χ3n) is 0.365. The molecule has 0 amide bonds. The predicted octanol–water partition coefficient (Wildman–Crippen LogP) is 0.628. The summed E-state index contributed by atoms with van der Waals surface area (Å²) in [6.45, 7) is 0. The third-order valence-corrected chi connectivity index (χ3v) is 1.10. The van der Waals surface area contributed by atoms with Gasteiger partial charge < -0.3 is 0 Å². The number of nitrogens with two attached hydrogens (primary N) is 1. The quantitative estimate of drug-likeness (QED) is 0.480. The molecule has 0 aromatic carbocycles. The Kier molecular flexibility index (Phi) is 1.94. The van der Waals surface area contributed by atoms with E-state index in [1.165, 1.54) is 0 Å². The van der Waals surface area contributed by atoms with Crippen molar-refractivity contribution in [3.8, 4) is 0 Å². The number of alkyl halides is 3. The van der Waals surface area contributed by atoms with E-state index in [-0.39, 0.29) is 0 Å². The van der Waals surface area contributed by atoms with Crippen LogP contribution in [0, 0.1) is 0 Å². The first-order valence-corrected chi connectivity index (χ1v) is 3.11. The van der Waals surface area contributed by atoms with Crippen LogP contribution in [0.5, 0.6) is 0 Å². The lowest BCUT2D eigenvalue weighted by atomic mass is 11.6. The molecule has 0 aromatic rings. The van der Waals surface area contributed by atoms with Crippen molar-refractivity contribution in [3.63, 3.8) is 0 Å². The van der Waals surface area contributed by atoms with Gasteiger partial charge in [0.2, 0.25) is 0 Å². The minimum atomic E-state index is -4.19. The Bertz CT molecular complexity index is 58.4. The number of hydrogen-bond donors (Lipinski definition) is 1. The van der Waals surface area contributed by atoms with Gasteiger partial charge in [0.05, 0.1) is 0 Å². The van der Waals surface area contributed by atoms with Crippen molar-refractivity contribution in [2.24, 2.45) is 5.14 Å². The fraction of sp³-hybridized carbons (Fsp3) is 1.00. The average molecular weight is 132 g/mol. The summed E-state index contributed by atoms with van der Waals surface area (Å²) < 4.78 is 33.2. The molecule has 0 aromatic heterocycles. The monoisotopic (exact) mass is 132 g/mol. The van der Waals surface area contributed by atoms with Crippen LogP contribution in [0.3, 0.4) is 0 Å². The maximum Gasteiger partial charge on any atom is 0.594 e. The summed E-state index contributed by atoms with van der Waals surface area (Å²) in [4.78, 5) is 0. The Labute approximate surface area is 42.2 Å². The highest BCUT2D eigenvalue weighted by Crippen LogP contribution is 2.19. The molecule has 0 spiro atoms. The van der Waals surface area contributed by atoms with Crippen LogP contribution in [0.2, 0.25) is 0 Å². The van der Waals surface area contributed by atoms with Crippen molar-refractivity contribution >= 4 is 11.1 Å². The summed E-state index contributed by atoms with van der Waals surface area (Å²) >= 11 is -1.93. The molecular weight excluding hydrogens is 127 g/mol. The predicted molar refractivity (Wildman–Crippen MR) is 23.5 cm³/mol. The van der Waals surface area contributed by atoms with Gasteiger partial charge in [-0.05, 0) is 0 Å². The zero-order valence-corrected chi connectivity index (χ0v) is 4.44. The summed E-state index contributed by atoms with van der Waals surface area (Å²) in [5.41, 5.74) is -4.19. The molecule has 1 nitrogen and oxygen atoms in total. The summed E-state index contributed by atoms with van der Waals surface area (Å²) in [5.74, 6) is 0. The van der Waals surface area contributed by atoms with Gasteiger partial charge in [0, 0.05) is 0 Å². The maximum atomic E-state index is 11.1. The van der Waals surface area contributed by atoms with E-state index >= 15 is 0 Å². The van der Waals surface area contributed by atoms with Gasteiger partial charge in [0.1, 0.15) is 6.26 Å². The Morgan fingerprint density at radius 2 is 1.57 bits per heavy atom. The number of halogens is 3. The first-order chi connectivity index (χ1) is 2.94. The highest BCUT2D eigenvalue weighted by atomic mass is 32.2. The first-order valence-electron chi connectivity index (χ1n) is 1.42. The van der Waals surface area contributed by atoms with Crippen molar-refractivity contribution in [2.45, 2.75) is 5.51 Å². The molecule has 0 aliphatic carbocycles. The normalized spacial score (nSPS) is 16.7. The van der Waals surface area contributed by atoms with Crippen molar-refractivity contribution < 1.29 is 13.2 Å². The molecule has 1 unspecified atom stereocenters. The van der Waals surface area contributed by atoms with E-state index in [0.29, 0.717) is 0 Å². The lowest BCUT2D eigenvalue weighted by Crippen LogP contribution is -2.29. The topological polar surface area (TPSA) is 26.0 Å². The van der Waals surface area contributed by atoms with Gasteiger partial charge in [-0.25, -0.2) is 0 Å². The molecule has 0 radical (unpaired) electrons. The maximum absolute atomic E-state index is 11.1. The Hall–Kier alpha value is 0.100. The molecule has 44 valence electrons. The van der Waals surface area contributed by atoms with Crippen molar-refractivity contribution in [1.29, 1.82) is 0 Å². The van der Waals surface area contributed by atoms with Gasteiger partial charge in [-0.15, -0.1) is 18.3 Å². The highest BCUT2D eigenvalue weighted by Gasteiger charge is 2.45. The minimum Gasteiger partial charge on any atom is -0.143 e. The second kappa shape index (κ2) is 1.92. The standard InChI is InChI=1S/C2H5F3NS/c1-7(6)2(3,4)5/h6H2,1H3/q+1. The fourth-order valence-corrected chi connectivity index (χ4v) is 0. The van der Waals surface area contributed by atoms with Crippen LogP contribution in [-0.4, -0.2) is 11.8 Å². The molecule has 0 fully saturated rings. The van der Waals surface area contributed by atoms with Crippen molar-refractivity contribution in [3.05, 3.63) is 0 Å². The van der Waals surface area contributed by atoms with Crippen LogP contribution >= 0.6 is 0 Å². The molecule has 1 atom stereocenters. The summed E-state index contributed by atoms with van der Waals surface area (Å²) in [7, 11) is 0. The Balaban J connectivity index is 3.54. The van der Waals surface area contributed by atoms with Crippen LogP contribution in [0.25, 0.3) is 0 Å². The second-order valence-corrected chi connectivity index (χ2v) is 2.58. The third kappa shape index (κ3) is 2.76. The molecule has 0 heterocycles. The van der Waals surface area contributed by atoms with Crippen molar-refractivity contribution in [2.75, 3.05) is 6.26 Å². The summed E-state index contributed by atoms with van der Waals surface area (Å²) in [5, 5.41) is 4.47. The van der Waals surface area contributed by atoms with E-state index in [1.54, 1.807) is 0 Å². The van der Waals surface area contributed by atoms with Gasteiger partial charge in [-0.3, -0.25) is 0 Å². The smallest absolute Gasteiger partial charge is 0.143 e. The highest BCUT2D eigenvalue weighted by molar-refractivity contribution is 7.94. The van der Waals surface area contributed by atoms with Crippen molar-refractivity contribution in [1.82, 2.24) is 0 Å². The van der Waals surface area contributed by atoms with E-state index in [1.807, 2.05) is 0 Å². The molecule has 2 N–H and O–H groups in total. The van der Waals surface area contributed by atoms with Crippen LogP contribution < -0.4 is 5.14 Å². The molecule has 0 aliphatic heterocycles. The summed E-state index contributed by atoms with van der Waals surface area (Å²) in [6.07, 6.45) is 0.931. The van der Waals surface area contributed by atoms with Gasteiger partial charge >= 0.3 is 5.51 Å². The molecule has 0 saturated heterocycles. The van der Waals surface area contributed by atoms with Gasteiger partial charge in [0.15, 0.2) is 11.1 Å². The van der Waals surface area contributed by atoms with E-state index in [2.05, 4.69) is 5.14 Å². The van der Waals surface area contributed by atoms with Gasteiger partial charge in [-0.2, -0.15) is 0 Å². The van der Waals surface area contributed by atoms with Gasteiger partial charge in [-0.1, -0.05) is 0 Å². The molecule has 7 heavy (non-hydrogen) atoms. The van der Waals surface area contributed by atoms with E-state index in [4.69, 9.17) is 0 Å². The van der Waals surface area contributed by atoms with Crippen LogP contribution in [0.4, 0.5) is 13.2 Å². The van der Waals surface area contributed by atoms with Crippen LogP contribution in [0.15, 0.2) is 0 Å². The Morgan fingerprint density at radius 3 is 1.57 bits per heavy atom. The van der Waals surface area contributed by atoms with Crippen LogP contribution in [-0.2, 0) is 11.1 Å². The molecule has 0 saturated carbocycles. The van der Waals surface area contributed by atoms with E-state index in [0.717, 1.165) is 6.26 Å². The molecule has 0 rings (SSSR count). The zero-order valence-electron chi connectivity index (χ0n) is 3.62. The zero-order chi connectivity index (χ0) is 6.08. The Morgan fingerprint density at radius 1 is 1.43 bits per heavy atom. The second-order valence-electron chi connectivity index (χ2n) is 1.00. The fourth-order valence-electron chi connectivity index (χ4n) is 0. The van der Waals surface area contributed by atoms with Crippen LogP contribution in [0.1, 0.15) is 0 Å². The lowest BCUT2D eigenvalue weighted by Gasteiger charge is -1.95. The lowest BCUT2D eigenvalue weighted by molar-refractivity contribution is -0.0365. The van der Waals surface area contributed by atoms with E-state index < -0.39 is 16.6 Å². The molecule has 0 bridgehead atoms. The number of hydrogen-bond acceptors (Lipinski definition) is 1. The minimum absolute atomic E-state index is 0.931. The SMILES string of the molecule is C[S+](N)C(F)(F)F. The number of rotatable bonds is 0. The van der Waals surface area contributed by atoms with E-state index in [9.17, 15) is 13.2 Å². The molecular formula is C2H5F3NS+. The molecule has 0 aliphatic rings. The van der Waals surface area contributed by atoms with Gasteiger partial charge in [0.25, 0.3) is 0 Å².